The second-order valence-corrected chi connectivity index (χ2v) is 4.34. The molecule has 0 saturated heterocycles. The first kappa shape index (κ1) is 14.4. The number of carbonyl (C=O) groups is 1. The van der Waals surface area contributed by atoms with Crippen molar-refractivity contribution in [1.29, 1.82) is 0 Å². The molecule has 4 nitrogen and oxygen atoms in total. The average Bonchev–Trinajstić information content (AvgIpc) is 2.34. The van der Waals surface area contributed by atoms with Gasteiger partial charge < -0.3 is 15.4 Å². The van der Waals surface area contributed by atoms with Crippen LogP contribution in [-0.2, 0) is 0 Å². The molecule has 18 heavy (non-hydrogen) atoms. The fraction of sp³-hybridized carbons (Fsp3) is 0.462. The van der Waals surface area contributed by atoms with Crippen molar-refractivity contribution in [2.75, 3.05) is 20.7 Å². The van der Waals surface area contributed by atoms with Gasteiger partial charge in [-0.05, 0) is 31.5 Å². The van der Waals surface area contributed by atoms with Crippen LogP contribution in [0.15, 0.2) is 18.2 Å². The van der Waals surface area contributed by atoms with Crippen LogP contribution in [0, 0.1) is 5.82 Å². The van der Waals surface area contributed by atoms with Crippen LogP contribution in [0.4, 0.5) is 4.39 Å². The van der Waals surface area contributed by atoms with Gasteiger partial charge in [0.25, 0.3) is 5.91 Å². The molecule has 1 unspecified atom stereocenters. The van der Waals surface area contributed by atoms with Crippen LogP contribution >= 0.6 is 0 Å². The quantitative estimate of drug-likeness (QED) is 0.869. The molecule has 0 radical (unpaired) electrons. The van der Waals surface area contributed by atoms with E-state index >= 15 is 0 Å². The van der Waals surface area contributed by atoms with E-state index in [4.69, 9.17) is 10.5 Å². The first-order valence-electron chi connectivity index (χ1n) is 5.80. The Hall–Kier alpha value is -1.62. The lowest BCUT2D eigenvalue weighted by Crippen LogP contribution is -2.31. The Balaban J connectivity index is 2.74. The number of ether oxygens (including phenoxy) is 1. The number of amides is 1. The fourth-order valence-electron chi connectivity index (χ4n) is 1.52. The van der Waals surface area contributed by atoms with E-state index in [0.717, 1.165) is 0 Å². The first-order valence-corrected chi connectivity index (χ1v) is 5.80. The molecule has 0 aliphatic rings. The van der Waals surface area contributed by atoms with Crippen LogP contribution in [0.1, 0.15) is 23.7 Å². The summed E-state index contributed by atoms with van der Waals surface area (Å²) >= 11 is 0. The number of carbonyl (C=O) groups excluding carboxylic acids is 1. The zero-order chi connectivity index (χ0) is 13.7. The second-order valence-electron chi connectivity index (χ2n) is 4.34. The maximum Gasteiger partial charge on any atom is 0.253 e. The molecule has 0 bridgehead atoms. The number of hydrogen-bond donors (Lipinski definition) is 1. The van der Waals surface area contributed by atoms with Crippen molar-refractivity contribution >= 4 is 5.91 Å². The van der Waals surface area contributed by atoms with Gasteiger partial charge >= 0.3 is 0 Å². The molecule has 0 heterocycles. The molecule has 100 valence electrons. The standard InChI is InChI=1S/C13H19FN2O2/c1-9(15)6-7-16(2)13(17)10-4-5-12(18-3)11(14)8-10/h4-5,8-9H,6-7,15H2,1-3H3. The molecule has 1 rings (SSSR count). The first-order chi connectivity index (χ1) is 8.45. The Kier molecular flexibility index (Phi) is 5.09. The van der Waals surface area contributed by atoms with Crippen molar-refractivity contribution in [3.05, 3.63) is 29.6 Å². The van der Waals surface area contributed by atoms with Crippen molar-refractivity contribution < 1.29 is 13.9 Å². The number of hydrogen-bond acceptors (Lipinski definition) is 3. The molecule has 0 fully saturated rings. The van der Waals surface area contributed by atoms with Crippen molar-refractivity contribution in [3.63, 3.8) is 0 Å². The van der Waals surface area contributed by atoms with Crippen LogP contribution in [0.2, 0.25) is 0 Å². The Morgan fingerprint density at radius 2 is 2.22 bits per heavy atom. The van der Waals surface area contributed by atoms with E-state index < -0.39 is 5.82 Å². The zero-order valence-electron chi connectivity index (χ0n) is 10.9. The SMILES string of the molecule is COc1ccc(C(=O)N(C)CCC(C)N)cc1F. The monoisotopic (exact) mass is 254 g/mol. The smallest absolute Gasteiger partial charge is 0.253 e. The van der Waals surface area contributed by atoms with Gasteiger partial charge in [0.2, 0.25) is 0 Å². The number of halogens is 1. The minimum atomic E-state index is -0.538. The molecule has 1 amide bonds. The zero-order valence-corrected chi connectivity index (χ0v) is 10.9. The van der Waals surface area contributed by atoms with Gasteiger partial charge in [-0.2, -0.15) is 0 Å². The highest BCUT2D eigenvalue weighted by Gasteiger charge is 2.14. The largest absolute Gasteiger partial charge is 0.494 e. The highest BCUT2D eigenvalue weighted by Crippen LogP contribution is 2.18. The van der Waals surface area contributed by atoms with E-state index in [1.165, 1.54) is 24.1 Å². The average molecular weight is 254 g/mol. The maximum atomic E-state index is 13.5. The van der Waals surface area contributed by atoms with Crippen molar-refractivity contribution in [3.8, 4) is 5.75 Å². The number of nitrogens with two attached hydrogens (primary N) is 1. The van der Waals surface area contributed by atoms with Crippen LogP contribution < -0.4 is 10.5 Å². The van der Waals surface area contributed by atoms with E-state index in [9.17, 15) is 9.18 Å². The molecule has 2 N–H and O–H groups in total. The lowest BCUT2D eigenvalue weighted by molar-refractivity contribution is 0.0791. The number of nitrogens with zero attached hydrogens (tertiary/aromatic N) is 1. The van der Waals surface area contributed by atoms with E-state index in [2.05, 4.69) is 0 Å². The normalized spacial score (nSPS) is 12.1. The van der Waals surface area contributed by atoms with E-state index in [1.54, 1.807) is 13.1 Å². The summed E-state index contributed by atoms with van der Waals surface area (Å²) in [5.41, 5.74) is 5.93. The molecule has 0 spiro atoms. The number of methoxy groups -OCH3 is 1. The molecule has 0 saturated carbocycles. The predicted octanol–water partition coefficient (Wildman–Crippen LogP) is 1.64. The lowest BCUT2D eigenvalue weighted by Gasteiger charge is -2.18. The minimum absolute atomic E-state index is 0.0350. The Morgan fingerprint density at radius 3 is 2.72 bits per heavy atom. The third-order valence-electron chi connectivity index (χ3n) is 2.67. The molecule has 0 aliphatic heterocycles. The third kappa shape index (κ3) is 3.70. The summed E-state index contributed by atoms with van der Waals surface area (Å²) in [6, 6.07) is 4.21. The number of benzene rings is 1. The molecule has 0 aliphatic carbocycles. The van der Waals surface area contributed by atoms with Crippen LogP contribution in [0.25, 0.3) is 0 Å². The predicted molar refractivity (Wildman–Crippen MR) is 68.2 cm³/mol. The molecule has 0 aromatic heterocycles. The Labute approximate surface area is 107 Å². The molecule has 1 atom stereocenters. The third-order valence-corrected chi connectivity index (χ3v) is 2.67. The van der Waals surface area contributed by atoms with E-state index in [1.807, 2.05) is 6.92 Å². The van der Waals surface area contributed by atoms with Gasteiger partial charge in [-0.25, -0.2) is 4.39 Å². The van der Waals surface area contributed by atoms with Crippen LogP contribution in [-0.4, -0.2) is 37.6 Å². The van der Waals surface area contributed by atoms with Gasteiger partial charge in [0.15, 0.2) is 11.6 Å². The molecule has 1 aromatic carbocycles. The highest BCUT2D eigenvalue weighted by molar-refractivity contribution is 5.94. The Morgan fingerprint density at radius 1 is 1.56 bits per heavy atom. The van der Waals surface area contributed by atoms with Gasteiger partial charge in [-0.3, -0.25) is 4.79 Å². The lowest BCUT2D eigenvalue weighted by atomic mass is 10.1. The summed E-state index contributed by atoms with van der Waals surface area (Å²) in [5.74, 6) is -0.633. The van der Waals surface area contributed by atoms with Crippen molar-refractivity contribution in [1.82, 2.24) is 4.90 Å². The van der Waals surface area contributed by atoms with Gasteiger partial charge in [-0.15, -0.1) is 0 Å². The van der Waals surface area contributed by atoms with E-state index in [0.29, 0.717) is 18.5 Å². The fourth-order valence-corrected chi connectivity index (χ4v) is 1.52. The second kappa shape index (κ2) is 6.35. The maximum absolute atomic E-state index is 13.5. The summed E-state index contributed by atoms with van der Waals surface area (Å²) in [5, 5.41) is 0. The van der Waals surface area contributed by atoms with Crippen LogP contribution in [0.3, 0.4) is 0 Å². The molecule has 1 aromatic rings. The van der Waals surface area contributed by atoms with Crippen molar-refractivity contribution in [2.45, 2.75) is 19.4 Å². The van der Waals surface area contributed by atoms with Crippen molar-refractivity contribution in [2.24, 2.45) is 5.73 Å². The Bertz CT molecular complexity index is 421. The molecule has 5 heteroatoms. The topological polar surface area (TPSA) is 55.6 Å². The van der Waals surface area contributed by atoms with Gasteiger partial charge in [-0.1, -0.05) is 0 Å². The highest BCUT2D eigenvalue weighted by atomic mass is 19.1. The summed E-state index contributed by atoms with van der Waals surface area (Å²) < 4.78 is 18.3. The molecular formula is C13H19FN2O2. The molecular weight excluding hydrogens is 235 g/mol. The summed E-state index contributed by atoms with van der Waals surface area (Å²) in [4.78, 5) is 13.5. The number of rotatable bonds is 5. The minimum Gasteiger partial charge on any atom is -0.494 e. The van der Waals surface area contributed by atoms with E-state index in [-0.39, 0.29) is 17.7 Å². The van der Waals surface area contributed by atoms with Gasteiger partial charge in [0.05, 0.1) is 7.11 Å². The van der Waals surface area contributed by atoms with Gasteiger partial charge in [0, 0.05) is 25.2 Å². The summed E-state index contributed by atoms with van der Waals surface area (Å²) in [6.07, 6.45) is 0.709. The summed E-state index contributed by atoms with van der Waals surface area (Å²) in [7, 11) is 3.06. The summed E-state index contributed by atoms with van der Waals surface area (Å²) in [6.45, 7) is 2.43. The van der Waals surface area contributed by atoms with Gasteiger partial charge in [0.1, 0.15) is 0 Å². The van der Waals surface area contributed by atoms with Crippen LogP contribution in [0.5, 0.6) is 5.75 Å².